The van der Waals surface area contributed by atoms with Crippen LogP contribution in [0.5, 0.6) is 5.75 Å². The predicted molar refractivity (Wildman–Crippen MR) is 106 cm³/mol. The fourth-order valence-corrected chi connectivity index (χ4v) is 2.97. The summed E-state index contributed by atoms with van der Waals surface area (Å²) < 4.78 is 24.0. The fourth-order valence-electron chi connectivity index (χ4n) is 2.76. The molecular formula is C20H18ClFN2O4. The molecule has 1 heterocycles. The molecule has 146 valence electrons. The van der Waals surface area contributed by atoms with Gasteiger partial charge in [-0.05, 0) is 36.2 Å². The van der Waals surface area contributed by atoms with E-state index in [-0.39, 0.29) is 28.5 Å². The highest BCUT2D eigenvalue weighted by Gasteiger charge is 2.17. The number of aryl methyl sites for hydroxylation is 1. The zero-order valence-electron chi connectivity index (χ0n) is 15.5. The summed E-state index contributed by atoms with van der Waals surface area (Å²) in [5.41, 5.74) is 7.07. The molecule has 0 fully saturated rings. The number of anilines is 1. The Morgan fingerprint density at radius 1 is 1.29 bits per heavy atom. The van der Waals surface area contributed by atoms with E-state index in [1.807, 2.05) is 0 Å². The third-order valence-corrected chi connectivity index (χ3v) is 4.64. The van der Waals surface area contributed by atoms with Crippen molar-refractivity contribution in [1.82, 2.24) is 4.90 Å². The molecule has 0 bridgehead atoms. The van der Waals surface area contributed by atoms with Crippen molar-refractivity contribution >= 4 is 34.4 Å². The summed E-state index contributed by atoms with van der Waals surface area (Å²) in [4.78, 5) is 25.5. The van der Waals surface area contributed by atoms with Crippen LogP contribution < -0.4 is 16.1 Å². The lowest BCUT2D eigenvalue weighted by molar-refractivity contribution is 0.172. The Hall–Kier alpha value is -3.06. The van der Waals surface area contributed by atoms with Crippen LogP contribution in [0, 0.1) is 12.7 Å². The smallest absolute Gasteiger partial charge is 0.414 e. The first-order valence-corrected chi connectivity index (χ1v) is 8.74. The lowest BCUT2D eigenvalue weighted by Gasteiger charge is -2.13. The molecule has 1 amide bonds. The van der Waals surface area contributed by atoms with Gasteiger partial charge in [0.15, 0.2) is 5.75 Å². The summed E-state index contributed by atoms with van der Waals surface area (Å²) in [5, 5.41) is 0.816. The number of hydrogen-bond acceptors (Lipinski definition) is 5. The standard InChI is InChI=1S/C20H18ClFN2O4/c1-10-12-8-14(21)18(28-20(26)24(2)3)9-17(12)27-19(25)13(10)6-11-4-5-15(22)16(23)7-11/h4-5,7-9H,6,23H2,1-3H3. The number of rotatable bonds is 3. The van der Waals surface area contributed by atoms with E-state index in [1.54, 1.807) is 19.1 Å². The molecule has 28 heavy (non-hydrogen) atoms. The first kappa shape index (κ1) is 19.7. The molecule has 3 rings (SSSR count). The second kappa shape index (κ2) is 7.52. The third kappa shape index (κ3) is 3.80. The van der Waals surface area contributed by atoms with Crippen molar-refractivity contribution < 1.29 is 18.3 Å². The summed E-state index contributed by atoms with van der Waals surface area (Å²) >= 11 is 6.24. The van der Waals surface area contributed by atoms with E-state index < -0.39 is 17.5 Å². The molecule has 0 aliphatic carbocycles. The van der Waals surface area contributed by atoms with Gasteiger partial charge in [0.05, 0.1) is 10.7 Å². The van der Waals surface area contributed by atoms with Gasteiger partial charge in [0.25, 0.3) is 0 Å². The van der Waals surface area contributed by atoms with E-state index in [4.69, 9.17) is 26.5 Å². The van der Waals surface area contributed by atoms with Crippen LogP contribution in [-0.4, -0.2) is 25.1 Å². The van der Waals surface area contributed by atoms with Crippen molar-refractivity contribution in [2.75, 3.05) is 19.8 Å². The first-order valence-electron chi connectivity index (χ1n) is 8.36. The monoisotopic (exact) mass is 404 g/mol. The van der Waals surface area contributed by atoms with E-state index in [9.17, 15) is 14.0 Å². The van der Waals surface area contributed by atoms with Crippen molar-refractivity contribution in [2.24, 2.45) is 0 Å². The number of nitrogens with two attached hydrogens (primary N) is 1. The highest BCUT2D eigenvalue weighted by Crippen LogP contribution is 2.32. The van der Waals surface area contributed by atoms with Gasteiger partial charge in [-0.3, -0.25) is 0 Å². The number of ether oxygens (including phenoxy) is 1. The van der Waals surface area contributed by atoms with Gasteiger partial charge >= 0.3 is 11.7 Å². The van der Waals surface area contributed by atoms with Gasteiger partial charge in [-0.2, -0.15) is 0 Å². The second-order valence-electron chi connectivity index (χ2n) is 6.57. The van der Waals surface area contributed by atoms with Crippen LogP contribution in [-0.2, 0) is 6.42 Å². The lowest BCUT2D eigenvalue weighted by atomic mass is 9.99. The molecule has 1 aromatic heterocycles. The highest BCUT2D eigenvalue weighted by atomic mass is 35.5. The van der Waals surface area contributed by atoms with E-state index in [1.165, 1.54) is 37.2 Å². The highest BCUT2D eigenvalue weighted by molar-refractivity contribution is 6.33. The minimum atomic E-state index is -0.606. The van der Waals surface area contributed by atoms with Gasteiger partial charge in [0.1, 0.15) is 11.4 Å². The van der Waals surface area contributed by atoms with Crippen LogP contribution in [0.15, 0.2) is 39.5 Å². The quantitative estimate of drug-likeness (QED) is 0.524. The average molecular weight is 405 g/mol. The van der Waals surface area contributed by atoms with Gasteiger partial charge in [-0.1, -0.05) is 17.7 Å². The molecule has 0 unspecified atom stereocenters. The average Bonchev–Trinajstić information content (AvgIpc) is 2.63. The van der Waals surface area contributed by atoms with Gasteiger partial charge in [-0.25, -0.2) is 14.0 Å². The fraction of sp³-hybridized carbons (Fsp3) is 0.200. The van der Waals surface area contributed by atoms with E-state index in [2.05, 4.69) is 0 Å². The van der Waals surface area contributed by atoms with Gasteiger partial charge in [-0.15, -0.1) is 0 Å². The van der Waals surface area contributed by atoms with Gasteiger partial charge in [0.2, 0.25) is 0 Å². The molecule has 2 aromatic carbocycles. The molecule has 0 saturated heterocycles. The molecule has 0 atom stereocenters. The van der Waals surface area contributed by atoms with E-state index >= 15 is 0 Å². The molecule has 6 nitrogen and oxygen atoms in total. The Morgan fingerprint density at radius 2 is 2.00 bits per heavy atom. The van der Waals surface area contributed by atoms with Crippen LogP contribution in [0.25, 0.3) is 11.0 Å². The Kier molecular flexibility index (Phi) is 5.29. The molecule has 0 radical (unpaired) electrons. The number of amides is 1. The zero-order valence-corrected chi connectivity index (χ0v) is 16.3. The van der Waals surface area contributed by atoms with Crippen molar-refractivity contribution in [2.45, 2.75) is 13.3 Å². The summed E-state index contributed by atoms with van der Waals surface area (Å²) in [6.45, 7) is 1.77. The number of benzene rings is 2. The molecule has 3 aromatic rings. The molecule has 8 heteroatoms. The van der Waals surface area contributed by atoms with Crippen LogP contribution in [0.2, 0.25) is 5.02 Å². The number of nitrogens with zero attached hydrogens (tertiary/aromatic N) is 1. The van der Waals surface area contributed by atoms with E-state index in [0.717, 1.165) is 0 Å². The maximum atomic E-state index is 13.4. The summed E-state index contributed by atoms with van der Waals surface area (Å²) in [6, 6.07) is 7.29. The number of carbonyl (C=O) groups is 1. The van der Waals surface area contributed by atoms with Crippen molar-refractivity contribution in [3.63, 3.8) is 0 Å². The van der Waals surface area contributed by atoms with Crippen molar-refractivity contribution in [1.29, 1.82) is 0 Å². The van der Waals surface area contributed by atoms with Crippen molar-refractivity contribution in [3.05, 3.63) is 68.3 Å². The number of carbonyl (C=O) groups excluding carboxylic acids is 1. The number of hydrogen-bond donors (Lipinski definition) is 1. The Balaban J connectivity index is 2.05. The summed E-state index contributed by atoms with van der Waals surface area (Å²) in [5.74, 6) is -0.424. The minimum Gasteiger partial charge on any atom is -0.422 e. The summed E-state index contributed by atoms with van der Waals surface area (Å²) in [6.07, 6.45) is -0.380. The zero-order chi connectivity index (χ0) is 20.6. The maximum absolute atomic E-state index is 13.4. The minimum absolute atomic E-state index is 0.00993. The molecule has 0 aliphatic heterocycles. The number of fused-ring (bicyclic) bond motifs is 1. The number of nitrogen functional groups attached to an aromatic ring is 1. The van der Waals surface area contributed by atoms with Crippen LogP contribution in [0.3, 0.4) is 0 Å². The van der Waals surface area contributed by atoms with Crippen LogP contribution in [0.4, 0.5) is 14.9 Å². The van der Waals surface area contributed by atoms with Crippen LogP contribution >= 0.6 is 11.6 Å². The molecule has 2 N–H and O–H groups in total. The molecule has 0 aliphatic rings. The van der Waals surface area contributed by atoms with Gasteiger partial charge < -0.3 is 19.8 Å². The third-order valence-electron chi connectivity index (χ3n) is 4.34. The first-order chi connectivity index (χ1) is 13.2. The molecular weight excluding hydrogens is 387 g/mol. The Morgan fingerprint density at radius 3 is 2.64 bits per heavy atom. The predicted octanol–water partition coefficient (Wildman–Crippen LogP) is 4.13. The normalized spacial score (nSPS) is 10.9. The molecule has 0 spiro atoms. The molecule has 0 saturated carbocycles. The lowest BCUT2D eigenvalue weighted by Crippen LogP contribution is -2.25. The topological polar surface area (TPSA) is 85.8 Å². The van der Waals surface area contributed by atoms with Gasteiger partial charge in [0, 0.05) is 37.5 Å². The Bertz CT molecular complexity index is 1140. The van der Waals surface area contributed by atoms with E-state index in [0.29, 0.717) is 22.1 Å². The summed E-state index contributed by atoms with van der Waals surface area (Å²) in [7, 11) is 3.08. The SMILES string of the molecule is Cc1c(Cc2ccc(F)c(N)c2)c(=O)oc2cc(OC(=O)N(C)C)c(Cl)cc12. The van der Waals surface area contributed by atoms with Crippen LogP contribution in [0.1, 0.15) is 16.7 Å². The number of halogens is 2. The largest absolute Gasteiger partial charge is 0.422 e. The van der Waals surface area contributed by atoms with Crippen molar-refractivity contribution in [3.8, 4) is 5.75 Å². The second-order valence-corrected chi connectivity index (χ2v) is 6.97. The maximum Gasteiger partial charge on any atom is 0.414 e. The Labute approximate surface area is 165 Å².